The predicted molar refractivity (Wildman–Crippen MR) is 71.1 cm³/mol. The minimum atomic E-state index is -0.814. The van der Waals surface area contributed by atoms with Crippen LogP contribution in [0, 0.1) is 15.9 Å². The summed E-state index contributed by atoms with van der Waals surface area (Å²) in [5, 5.41) is 13.5. The van der Waals surface area contributed by atoms with Gasteiger partial charge in [0.2, 0.25) is 0 Å². The van der Waals surface area contributed by atoms with E-state index in [1.165, 1.54) is 14.2 Å². The largest absolute Gasteiger partial charge is 0.484 e. The highest BCUT2D eigenvalue weighted by molar-refractivity contribution is 9.10. The standard InChI is InChI=1S/C11H12BrFN2O5/c1-14-8(11(16)19-2)5-20-10-4-7(13)6(12)3-9(10)15(17)18/h3-4,8,14H,5H2,1-2H3. The third-order valence-electron chi connectivity index (χ3n) is 2.44. The summed E-state index contributed by atoms with van der Waals surface area (Å²) in [6.07, 6.45) is 0. The van der Waals surface area contributed by atoms with Gasteiger partial charge in [-0.05, 0) is 23.0 Å². The molecule has 0 bridgehead atoms. The van der Waals surface area contributed by atoms with Gasteiger partial charge in [-0.3, -0.25) is 14.9 Å². The number of halogens is 2. The molecule has 0 aliphatic rings. The summed E-state index contributed by atoms with van der Waals surface area (Å²) in [6, 6.07) is 1.06. The fourth-order valence-corrected chi connectivity index (χ4v) is 1.69. The van der Waals surface area contributed by atoms with Crippen molar-refractivity contribution in [1.29, 1.82) is 0 Å². The third-order valence-corrected chi connectivity index (χ3v) is 3.05. The van der Waals surface area contributed by atoms with Gasteiger partial charge in [0.1, 0.15) is 18.5 Å². The Kier molecular flexibility index (Phi) is 5.83. The van der Waals surface area contributed by atoms with E-state index in [1.54, 1.807) is 0 Å². The van der Waals surface area contributed by atoms with Crippen molar-refractivity contribution in [2.45, 2.75) is 6.04 Å². The summed E-state index contributed by atoms with van der Waals surface area (Å²) >= 11 is 2.86. The van der Waals surface area contributed by atoms with Crippen LogP contribution in [0.1, 0.15) is 0 Å². The molecule has 0 saturated carbocycles. The van der Waals surface area contributed by atoms with Crippen LogP contribution in [0.5, 0.6) is 5.75 Å². The molecule has 1 aromatic rings. The predicted octanol–water partition coefficient (Wildman–Crippen LogP) is 1.64. The second kappa shape index (κ2) is 7.15. The second-order valence-electron chi connectivity index (χ2n) is 3.67. The van der Waals surface area contributed by atoms with Crippen molar-refractivity contribution in [3.63, 3.8) is 0 Å². The van der Waals surface area contributed by atoms with Gasteiger partial charge in [0.15, 0.2) is 5.75 Å². The molecule has 1 N–H and O–H groups in total. The first-order valence-electron chi connectivity index (χ1n) is 5.42. The number of hydrogen-bond donors (Lipinski definition) is 1. The van der Waals surface area contributed by atoms with Gasteiger partial charge in [0, 0.05) is 12.1 Å². The Hall–Kier alpha value is -1.74. The Labute approximate surface area is 122 Å². The Bertz CT molecular complexity index is 526. The molecule has 1 atom stereocenters. The summed E-state index contributed by atoms with van der Waals surface area (Å²) < 4.78 is 23.0. The van der Waals surface area contributed by atoms with Crippen molar-refractivity contribution in [1.82, 2.24) is 5.32 Å². The highest BCUT2D eigenvalue weighted by Gasteiger charge is 2.22. The van der Waals surface area contributed by atoms with Crippen molar-refractivity contribution in [2.24, 2.45) is 0 Å². The van der Waals surface area contributed by atoms with Crippen LogP contribution >= 0.6 is 15.9 Å². The van der Waals surface area contributed by atoms with Crippen LogP contribution in [0.2, 0.25) is 0 Å². The number of carbonyl (C=O) groups excluding carboxylic acids is 1. The lowest BCUT2D eigenvalue weighted by atomic mass is 10.3. The fraction of sp³-hybridized carbons (Fsp3) is 0.364. The molecule has 0 amide bonds. The van der Waals surface area contributed by atoms with E-state index in [-0.39, 0.29) is 16.8 Å². The van der Waals surface area contributed by atoms with Gasteiger partial charge in [-0.25, -0.2) is 4.39 Å². The molecule has 20 heavy (non-hydrogen) atoms. The molecule has 0 radical (unpaired) electrons. The molecule has 0 fully saturated rings. The Morgan fingerprint density at radius 3 is 2.75 bits per heavy atom. The number of likely N-dealkylation sites (N-methyl/N-ethyl adjacent to an activating group) is 1. The lowest BCUT2D eigenvalue weighted by Crippen LogP contribution is -2.40. The van der Waals surface area contributed by atoms with Gasteiger partial charge < -0.3 is 14.8 Å². The van der Waals surface area contributed by atoms with Crippen LogP contribution in [0.15, 0.2) is 16.6 Å². The van der Waals surface area contributed by atoms with E-state index in [1.807, 2.05) is 0 Å². The van der Waals surface area contributed by atoms with Gasteiger partial charge in [-0.1, -0.05) is 0 Å². The molecule has 1 unspecified atom stereocenters. The van der Waals surface area contributed by atoms with E-state index in [4.69, 9.17) is 4.74 Å². The highest BCUT2D eigenvalue weighted by atomic mass is 79.9. The van der Waals surface area contributed by atoms with Gasteiger partial charge in [0.05, 0.1) is 16.5 Å². The van der Waals surface area contributed by atoms with Crippen LogP contribution in [0.3, 0.4) is 0 Å². The second-order valence-corrected chi connectivity index (χ2v) is 4.52. The van der Waals surface area contributed by atoms with E-state index < -0.39 is 28.4 Å². The van der Waals surface area contributed by atoms with Crippen molar-refractivity contribution in [3.8, 4) is 5.75 Å². The molecule has 7 nitrogen and oxygen atoms in total. The molecule has 0 saturated heterocycles. The number of benzene rings is 1. The molecular formula is C11H12BrFN2O5. The average Bonchev–Trinajstić information content (AvgIpc) is 2.42. The van der Waals surface area contributed by atoms with E-state index in [0.29, 0.717) is 0 Å². The molecule has 9 heteroatoms. The van der Waals surface area contributed by atoms with Crippen molar-refractivity contribution >= 4 is 27.6 Å². The zero-order valence-electron chi connectivity index (χ0n) is 10.7. The molecule has 0 heterocycles. The highest BCUT2D eigenvalue weighted by Crippen LogP contribution is 2.32. The number of nitrogens with zero attached hydrogens (tertiary/aromatic N) is 1. The number of rotatable bonds is 6. The first-order valence-corrected chi connectivity index (χ1v) is 6.21. The summed E-state index contributed by atoms with van der Waals surface area (Å²) in [6.45, 7) is -0.231. The smallest absolute Gasteiger partial charge is 0.326 e. The zero-order valence-corrected chi connectivity index (χ0v) is 12.3. The number of methoxy groups -OCH3 is 1. The quantitative estimate of drug-likeness (QED) is 0.476. The topological polar surface area (TPSA) is 90.7 Å². The molecule has 0 aromatic heterocycles. The molecule has 0 aliphatic heterocycles. The maximum Gasteiger partial charge on any atom is 0.326 e. The monoisotopic (exact) mass is 350 g/mol. The lowest BCUT2D eigenvalue weighted by molar-refractivity contribution is -0.386. The number of hydrogen-bond acceptors (Lipinski definition) is 6. The van der Waals surface area contributed by atoms with Crippen LogP contribution in [0.25, 0.3) is 0 Å². The number of nitro benzene ring substituents is 1. The number of nitrogens with one attached hydrogen (secondary N) is 1. The zero-order chi connectivity index (χ0) is 15.3. The maximum atomic E-state index is 13.4. The maximum absolute atomic E-state index is 13.4. The SMILES string of the molecule is CNC(COc1cc(F)c(Br)cc1[N+](=O)[O-])C(=O)OC. The summed E-state index contributed by atoms with van der Waals surface area (Å²) in [7, 11) is 2.70. The molecule has 0 spiro atoms. The lowest BCUT2D eigenvalue weighted by Gasteiger charge is -2.14. The fourth-order valence-electron chi connectivity index (χ4n) is 1.36. The van der Waals surface area contributed by atoms with Crippen molar-refractivity contribution in [3.05, 3.63) is 32.5 Å². The number of nitro groups is 1. The average molecular weight is 351 g/mol. The number of esters is 1. The van der Waals surface area contributed by atoms with E-state index in [9.17, 15) is 19.3 Å². The van der Waals surface area contributed by atoms with Crippen LogP contribution < -0.4 is 10.1 Å². The van der Waals surface area contributed by atoms with Crippen molar-refractivity contribution in [2.75, 3.05) is 20.8 Å². The van der Waals surface area contributed by atoms with E-state index in [2.05, 4.69) is 26.0 Å². The summed E-state index contributed by atoms with van der Waals surface area (Å²) in [4.78, 5) is 21.5. The number of ether oxygens (including phenoxy) is 2. The third kappa shape index (κ3) is 3.87. The summed E-state index contributed by atoms with van der Waals surface area (Å²) in [5.74, 6) is -1.56. The van der Waals surface area contributed by atoms with E-state index >= 15 is 0 Å². The van der Waals surface area contributed by atoms with Gasteiger partial charge in [-0.15, -0.1) is 0 Å². The molecule has 110 valence electrons. The number of carbonyl (C=O) groups is 1. The van der Waals surface area contributed by atoms with Crippen LogP contribution in [0.4, 0.5) is 10.1 Å². The molecule has 1 aromatic carbocycles. The molecule has 0 aliphatic carbocycles. The van der Waals surface area contributed by atoms with E-state index in [0.717, 1.165) is 12.1 Å². The van der Waals surface area contributed by atoms with Gasteiger partial charge in [-0.2, -0.15) is 0 Å². The van der Waals surface area contributed by atoms with Crippen LogP contribution in [-0.4, -0.2) is 37.7 Å². The molecule has 1 rings (SSSR count). The summed E-state index contributed by atoms with van der Waals surface area (Å²) in [5.41, 5.74) is -0.405. The molecular weight excluding hydrogens is 339 g/mol. The van der Waals surface area contributed by atoms with Crippen LogP contribution in [-0.2, 0) is 9.53 Å². The van der Waals surface area contributed by atoms with Crippen molar-refractivity contribution < 1.29 is 23.6 Å². The Morgan fingerprint density at radius 2 is 2.25 bits per heavy atom. The van der Waals surface area contributed by atoms with Gasteiger partial charge in [0.25, 0.3) is 0 Å². The first-order chi connectivity index (χ1) is 9.40. The Morgan fingerprint density at radius 1 is 1.60 bits per heavy atom. The normalized spacial score (nSPS) is 11.8. The van der Waals surface area contributed by atoms with Gasteiger partial charge >= 0.3 is 11.7 Å². The minimum absolute atomic E-state index is 0.0466. The minimum Gasteiger partial charge on any atom is -0.484 e. The Balaban J connectivity index is 2.94. The first kappa shape index (κ1) is 16.3.